The van der Waals surface area contributed by atoms with Crippen molar-refractivity contribution in [2.24, 2.45) is 10.4 Å². The summed E-state index contributed by atoms with van der Waals surface area (Å²) in [4.78, 5) is 9.34. The van der Waals surface area contributed by atoms with Crippen LogP contribution < -0.4 is 5.32 Å². The van der Waals surface area contributed by atoms with Crippen LogP contribution in [0.15, 0.2) is 29.3 Å². The summed E-state index contributed by atoms with van der Waals surface area (Å²) in [5.41, 5.74) is 3.06. The van der Waals surface area contributed by atoms with Crippen LogP contribution in [0.3, 0.4) is 0 Å². The predicted octanol–water partition coefficient (Wildman–Crippen LogP) is 2.71. The average molecular weight is 359 g/mol. The number of ether oxygens (including phenoxy) is 1. The smallest absolute Gasteiger partial charge is 0.193 e. The minimum Gasteiger partial charge on any atom is -0.376 e. The van der Waals surface area contributed by atoms with E-state index in [9.17, 15) is 0 Å². The van der Waals surface area contributed by atoms with E-state index in [-0.39, 0.29) is 0 Å². The number of nitrogens with one attached hydrogen (secondary N) is 1. The molecule has 2 fully saturated rings. The second-order valence-corrected chi connectivity index (χ2v) is 8.47. The molecule has 0 spiro atoms. The highest BCUT2D eigenvalue weighted by atomic mass is 16.5. The van der Waals surface area contributed by atoms with Gasteiger partial charge in [0.2, 0.25) is 0 Å². The van der Waals surface area contributed by atoms with Crippen LogP contribution >= 0.6 is 0 Å². The maximum absolute atomic E-state index is 5.64. The Bertz CT molecular complexity index is 628. The number of morpholine rings is 1. The third-order valence-corrected chi connectivity index (χ3v) is 5.36. The van der Waals surface area contributed by atoms with E-state index in [0.717, 1.165) is 51.8 Å². The maximum Gasteiger partial charge on any atom is 0.193 e. The summed E-state index contributed by atoms with van der Waals surface area (Å²) in [5.74, 6) is 1.02. The van der Waals surface area contributed by atoms with Gasteiger partial charge in [0.05, 0.1) is 12.7 Å². The lowest BCUT2D eigenvalue weighted by Gasteiger charge is -2.31. The maximum atomic E-state index is 5.64. The molecule has 2 saturated heterocycles. The highest BCUT2D eigenvalue weighted by Crippen LogP contribution is 2.28. The lowest BCUT2D eigenvalue weighted by molar-refractivity contribution is -0.0212. The number of rotatable bonds is 4. The van der Waals surface area contributed by atoms with E-state index in [1.165, 1.54) is 17.5 Å². The van der Waals surface area contributed by atoms with Crippen molar-refractivity contribution in [1.82, 2.24) is 15.1 Å². The molecule has 0 amide bonds. The zero-order valence-electron chi connectivity index (χ0n) is 16.8. The topological polar surface area (TPSA) is 40.1 Å². The van der Waals surface area contributed by atoms with E-state index >= 15 is 0 Å². The van der Waals surface area contributed by atoms with Crippen molar-refractivity contribution in [1.29, 1.82) is 0 Å². The Morgan fingerprint density at radius 3 is 2.81 bits per heavy atom. The highest BCUT2D eigenvalue weighted by Gasteiger charge is 2.30. The molecule has 2 heterocycles. The van der Waals surface area contributed by atoms with Crippen molar-refractivity contribution in [2.75, 3.05) is 39.8 Å². The van der Waals surface area contributed by atoms with Gasteiger partial charge in [0.25, 0.3) is 0 Å². The Morgan fingerprint density at radius 2 is 2.12 bits per heavy atom. The van der Waals surface area contributed by atoms with E-state index in [1.807, 2.05) is 7.05 Å². The third-order valence-electron chi connectivity index (χ3n) is 5.36. The first kappa shape index (κ1) is 19.2. The number of hydrogen-bond donors (Lipinski definition) is 1. The third kappa shape index (κ3) is 5.21. The van der Waals surface area contributed by atoms with Crippen molar-refractivity contribution in [3.63, 3.8) is 0 Å². The van der Waals surface area contributed by atoms with Gasteiger partial charge in [-0.3, -0.25) is 9.89 Å². The summed E-state index contributed by atoms with van der Waals surface area (Å²) in [6.07, 6.45) is 1.56. The van der Waals surface area contributed by atoms with Crippen molar-refractivity contribution in [2.45, 2.75) is 46.4 Å². The molecule has 0 radical (unpaired) electrons. The molecule has 2 aliphatic rings. The van der Waals surface area contributed by atoms with Gasteiger partial charge in [0.1, 0.15) is 0 Å². The van der Waals surface area contributed by atoms with Gasteiger partial charge in [-0.1, -0.05) is 38.1 Å². The van der Waals surface area contributed by atoms with Crippen LogP contribution in [-0.4, -0.2) is 61.7 Å². The minimum absolute atomic E-state index is 0.335. The van der Waals surface area contributed by atoms with Gasteiger partial charge in [-0.2, -0.15) is 0 Å². The first-order valence-corrected chi connectivity index (χ1v) is 9.82. The highest BCUT2D eigenvalue weighted by molar-refractivity contribution is 5.80. The van der Waals surface area contributed by atoms with Crippen LogP contribution in [0.1, 0.15) is 38.3 Å². The van der Waals surface area contributed by atoms with E-state index in [0.29, 0.717) is 11.5 Å². The molecule has 144 valence electrons. The standard InChI is InChI=1S/C21H34N4O/c1-17-14-24(10-11-26-17)15-19-7-5-6-18(12-19)13-23-20(22-4)25-9-8-21(2,3)16-25/h5-7,12,17H,8-11,13-16H2,1-4H3,(H,22,23). The molecule has 2 aliphatic heterocycles. The average Bonchev–Trinajstić information content (AvgIpc) is 2.96. The Kier molecular flexibility index (Phi) is 6.20. The van der Waals surface area contributed by atoms with Crippen LogP contribution in [0.5, 0.6) is 0 Å². The van der Waals surface area contributed by atoms with Crippen molar-refractivity contribution >= 4 is 5.96 Å². The molecular formula is C21H34N4O. The van der Waals surface area contributed by atoms with E-state index in [1.54, 1.807) is 0 Å². The molecule has 0 saturated carbocycles. The quantitative estimate of drug-likeness (QED) is 0.664. The lowest BCUT2D eigenvalue weighted by atomic mass is 9.93. The van der Waals surface area contributed by atoms with Crippen molar-refractivity contribution in [3.8, 4) is 0 Å². The van der Waals surface area contributed by atoms with E-state index in [2.05, 4.69) is 65.1 Å². The monoisotopic (exact) mass is 358 g/mol. The molecule has 1 aromatic rings. The van der Waals surface area contributed by atoms with Crippen LogP contribution in [0.4, 0.5) is 0 Å². The number of nitrogens with zero attached hydrogens (tertiary/aromatic N) is 3. The second-order valence-electron chi connectivity index (χ2n) is 8.47. The van der Waals surface area contributed by atoms with Crippen LogP contribution in [-0.2, 0) is 17.8 Å². The predicted molar refractivity (Wildman–Crippen MR) is 107 cm³/mol. The van der Waals surface area contributed by atoms with Gasteiger partial charge in [0, 0.05) is 46.3 Å². The summed E-state index contributed by atoms with van der Waals surface area (Å²) >= 11 is 0. The van der Waals surface area contributed by atoms with Gasteiger partial charge >= 0.3 is 0 Å². The first-order valence-electron chi connectivity index (χ1n) is 9.82. The zero-order valence-corrected chi connectivity index (χ0v) is 16.8. The van der Waals surface area contributed by atoms with Crippen LogP contribution in [0.25, 0.3) is 0 Å². The Balaban J connectivity index is 1.55. The summed E-state index contributed by atoms with van der Waals surface area (Å²) in [7, 11) is 1.88. The summed E-state index contributed by atoms with van der Waals surface area (Å²) < 4.78 is 5.64. The molecule has 0 aromatic heterocycles. The van der Waals surface area contributed by atoms with Gasteiger partial charge in [-0.25, -0.2) is 0 Å². The number of benzene rings is 1. The first-order chi connectivity index (χ1) is 12.4. The fourth-order valence-electron chi connectivity index (χ4n) is 3.94. The molecule has 1 aromatic carbocycles. The summed E-state index contributed by atoms with van der Waals surface area (Å²) in [6, 6.07) is 8.90. The normalized spacial score (nSPS) is 24.1. The van der Waals surface area contributed by atoms with Gasteiger partial charge < -0.3 is 15.0 Å². The molecule has 1 N–H and O–H groups in total. The number of guanidine groups is 1. The SMILES string of the molecule is CN=C(NCc1cccc(CN2CCOC(C)C2)c1)N1CCC(C)(C)C1. The van der Waals surface area contributed by atoms with Gasteiger partial charge in [-0.15, -0.1) is 0 Å². The largest absolute Gasteiger partial charge is 0.376 e. The van der Waals surface area contributed by atoms with E-state index in [4.69, 9.17) is 4.74 Å². The molecular weight excluding hydrogens is 324 g/mol. The van der Waals surface area contributed by atoms with Crippen molar-refractivity contribution < 1.29 is 4.74 Å². The Morgan fingerprint density at radius 1 is 1.31 bits per heavy atom. The Hall–Kier alpha value is -1.59. The van der Waals surface area contributed by atoms with Gasteiger partial charge in [0.15, 0.2) is 5.96 Å². The molecule has 1 atom stereocenters. The number of hydrogen-bond acceptors (Lipinski definition) is 3. The fraction of sp³-hybridized carbons (Fsp3) is 0.667. The minimum atomic E-state index is 0.335. The van der Waals surface area contributed by atoms with Crippen LogP contribution in [0, 0.1) is 5.41 Å². The molecule has 0 aliphatic carbocycles. The molecule has 3 rings (SSSR count). The number of likely N-dealkylation sites (tertiary alicyclic amines) is 1. The second kappa shape index (κ2) is 8.40. The molecule has 0 bridgehead atoms. The molecule has 1 unspecified atom stereocenters. The summed E-state index contributed by atoms with van der Waals surface area (Å²) in [6.45, 7) is 13.6. The summed E-state index contributed by atoms with van der Waals surface area (Å²) in [5, 5.41) is 3.55. The molecule has 5 heteroatoms. The zero-order chi connectivity index (χ0) is 18.6. The fourth-order valence-corrected chi connectivity index (χ4v) is 3.94. The van der Waals surface area contributed by atoms with Crippen molar-refractivity contribution in [3.05, 3.63) is 35.4 Å². The Labute approximate surface area is 158 Å². The molecule has 26 heavy (non-hydrogen) atoms. The number of aliphatic imine (C=N–C) groups is 1. The lowest BCUT2D eigenvalue weighted by Crippen LogP contribution is -2.40. The van der Waals surface area contributed by atoms with Gasteiger partial charge in [-0.05, 0) is 29.9 Å². The van der Waals surface area contributed by atoms with Crippen LogP contribution in [0.2, 0.25) is 0 Å². The van der Waals surface area contributed by atoms with E-state index < -0.39 is 0 Å². The molecule has 5 nitrogen and oxygen atoms in total.